The topological polar surface area (TPSA) is 77.1 Å². The second-order valence-corrected chi connectivity index (χ2v) is 8.09. The molecule has 0 aromatic heterocycles. The Labute approximate surface area is 199 Å². The molecule has 1 aliphatic heterocycles. The fraction of sp³-hybridized carbons (Fsp3) is 0.259. The van der Waals surface area contributed by atoms with Crippen molar-refractivity contribution < 1.29 is 23.8 Å². The fourth-order valence-electron chi connectivity index (χ4n) is 3.95. The first kappa shape index (κ1) is 23.2. The minimum atomic E-state index is -0.592. The van der Waals surface area contributed by atoms with Crippen molar-refractivity contribution in [3.8, 4) is 17.2 Å². The number of hydrogen-bond acceptors (Lipinski definition) is 5. The molecule has 3 aromatic rings. The first-order chi connectivity index (χ1) is 16.5. The van der Waals surface area contributed by atoms with Gasteiger partial charge in [0.2, 0.25) is 0 Å². The van der Waals surface area contributed by atoms with Gasteiger partial charge in [-0.2, -0.15) is 0 Å². The summed E-state index contributed by atoms with van der Waals surface area (Å²) in [5.74, 6) is 1.61. The Morgan fingerprint density at radius 3 is 2.56 bits per heavy atom. The van der Waals surface area contributed by atoms with Crippen molar-refractivity contribution in [3.05, 3.63) is 83.4 Å². The molecule has 1 heterocycles. The molecule has 1 atom stereocenters. The third-order valence-corrected chi connectivity index (χ3v) is 5.82. The molecule has 1 unspecified atom stereocenters. The van der Waals surface area contributed by atoms with Crippen molar-refractivity contribution in [1.29, 1.82) is 0 Å². The summed E-state index contributed by atoms with van der Waals surface area (Å²) in [6, 6.07) is 20.3. The molecule has 4 rings (SSSR count). The smallest absolute Gasteiger partial charge is 0.263 e. The lowest BCUT2D eigenvalue weighted by Crippen LogP contribution is -2.39. The quantitative estimate of drug-likeness (QED) is 0.569. The molecule has 1 aliphatic rings. The third kappa shape index (κ3) is 5.14. The molecule has 7 nitrogen and oxygen atoms in total. The first-order valence-corrected chi connectivity index (χ1v) is 11.1. The van der Waals surface area contributed by atoms with E-state index < -0.39 is 6.10 Å². The van der Waals surface area contributed by atoms with Crippen LogP contribution < -0.4 is 19.5 Å². The number of benzene rings is 3. The van der Waals surface area contributed by atoms with Crippen molar-refractivity contribution in [2.45, 2.75) is 26.0 Å². The summed E-state index contributed by atoms with van der Waals surface area (Å²) in [6.45, 7) is 2.71. The molecule has 2 amide bonds. The van der Waals surface area contributed by atoms with Gasteiger partial charge in [-0.05, 0) is 61.4 Å². The number of nitrogens with one attached hydrogen (secondary N) is 1. The highest BCUT2D eigenvalue weighted by Gasteiger charge is 2.28. The van der Waals surface area contributed by atoms with Gasteiger partial charge in [0.05, 0.1) is 19.8 Å². The lowest BCUT2D eigenvalue weighted by molar-refractivity contribution is -0.137. The number of fused-ring (bicyclic) bond motifs is 1. The summed E-state index contributed by atoms with van der Waals surface area (Å²) < 4.78 is 16.4. The second kappa shape index (κ2) is 10.3. The van der Waals surface area contributed by atoms with Gasteiger partial charge < -0.3 is 24.4 Å². The summed E-state index contributed by atoms with van der Waals surface area (Å²) in [5, 5.41) is 2.92. The van der Waals surface area contributed by atoms with Crippen LogP contribution in [0.15, 0.2) is 66.7 Å². The minimum Gasteiger partial charge on any atom is -0.497 e. The van der Waals surface area contributed by atoms with Gasteiger partial charge in [0, 0.05) is 24.3 Å². The molecule has 7 heteroatoms. The number of rotatable bonds is 7. The van der Waals surface area contributed by atoms with Crippen molar-refractivity contribution in [2.24, 2.45) is 0 Å². The van der Waals surface area contributed by atoms with E-state index in [0.29, 0.717) is 42.3 Å². The van der Waals surface area contributed by atoms with Gasteiger partial charge in [-0.25, -0.2) is 0 Å². The maximum Gasteiger partial charge on any atom is 0.263 e. The SMILES string of the molecule is COc1ccc(CCN2Cc3cc(NC(=O)c4ccccc4OC)ccc3OC(C)C2=O)cc1. The summed E-state index contributed by atoms with van der Waals surface area (Å²) in [6.07, 6.45) is 0.119. The number of methoxy groups -OCH3 is 2. The van der Waals surface area contributed by atoms with Crippen LogP contribution in [-0.4, -0.2) is 43.6 Å². The largest absolute Gasteiger partial charge is 0.497 e. The zero-order chi connectivity index (χ0) is 24.1. The number of ether oxygens (including phenoxy) is 3. The molecule has 0 radical (unpaired) electrons. The number of carbonyl (C=O) groups excluding carboxylic acids is 2. The standard InChI is InChI=1S/C27H28N2O5/c1-18-27(31)29(15-14-19-8-11-22(32-2)12-9-19)17-20-16-21(10-13-24(20)34-18)28-26(30)23-6-4-5-7-25(23)33-3/h4-13,16,18H,14-15,17H2,1-3H3,(H,28,30). The molecule has 3 aromatic carbocycles. The van der Waals surface area contributed by atoms with E-state index >= 15 is 0 Å². The molecule has 0 fully saturated rings. The molecular formula is C27H28N2O5. The average Bonchev–Trinajstić information content (AvgIpc) is 2.98. The average molecular weight is 461 g/mol. The van der Waals surface area contributed by atoms with Crippen LogP contribution in [-0.2, 0) is 17.8 Å². The zero-order valence-electron chi connectivity index (χ0n) is 19.5. The number of nitrogens with zero attached hydrogens (tertiary/aromatic N) is 1. The summed E-state index contributed by atoms with van der Waals surface area (Å²) in [5.41, 5.74) is 3.02. The fourth-order valence-corrected chi connectivity index (χ4v) is 3.95. The highest BCUT2D eigenvalue weighted by Crippen LogP contribution is 2.29. The van der Waals surface area contributed by atoms with Gasteiger partial charge in [0.25, 0.3) is 11.8 Å². The molecule has 0 saturated heterocycles. The van der Waals surface area contributed by atoms with Gasteiger partial charge in [-0.1, -0.05) is 24.3 Å². The lowest BCUT2D eigenvalue weighted by Gasteiger charge is -2.22. The Morgan fingerprint density at radius 2 is 1.82 bits per heavy atom. The highest BCUT2D eigenvalue weighted by atomic mass is 16.5. The maximum absolute atomic E-state index is 13.0. The van der Waals surface area contributed by atoms with Gasteiger partial charge in [-0.3, -0.25) is 9.59 Å². The van der Waals surface area contributed by atoms with Crippen LogP contribution in [0.4, 0.5) is 5.69 Å². The van der Waals surface area contributed by atoms with E-state index in [9.17, 15) is 9.59 Å². The molecule has 1 N–H and O–H groups in total. The Morgan fingerprint density at radius 1 is 1.06 bits per heavy atom. The van der Waals surface area contributed by atoms with E-state index in [1.807, 2.05) is 36.4 Å². The van der Waals surface area contributed by atoms with Crippen LogP contribution in [0, 0.1) is 0 Å². The van der Waals surface area contributed by atoms with Gasteiger partial charge in [0.1, 0.15) is 17.2 Å². The number of hydrogen-bond donors (Lipinski definition) is 1. The predicted molar refractivity (Wildman–Crippen MR) is 130 cm³/mol. The monoisotopic (exact) mass is 460 g/mol. The van der Waals surface area contributed by atoms with E-state index in [1.54, 1.807) is 49.3 Å². The Bertz CT molecular complexity index is 1180. The van der Waals surface area contributed by atoms with Crippen LogP contribution in [0.25, 0.3) is 0 Å². The second-order valence-electron chi connectivity index (χ2n) is 8.09. The predicted octanol–water partition coefficient (Wildman–Crippen LogP) is 4.31. The van der Waals surface area contributed by atoms with E-state index in [1.165, 1.54) is 7.11 Å². The van der Waals surface area contributed by atoms with Gasteiger partial charge in [0.15, 0.2) is 6.10 Å². The summed E-state index contributed by atoms with van der Waals surface area (Å²) >= 11 is 0. The summed E-state index contributed by atoms with van der Waals surface area (Å²) in [7, 11) is 3.17. The molecule has 0 spiro atoms. The van der Waals surface area contributed by atoms with Gasteiger partial charge in [-0.15, -0.1) is 0 Å². The highest BCUT2D eigenvalue weighted by molar-refractivity contribution is 6.06. The number of carbonyl (C=O) groups is 2. The number of para-hydroxylation sites is 1. The third-order valence-electron chi connectivity index (χ3n) is 5.82. The molecule has 176 valence electrons. The van der Waals surface area contributed by atoms with Crippen molar-refractivity contribution in [1.82, 2.24) is 4.90 Å². The van der Waals surface area contributed by atoms with E-state index in [0.717, 1.165) is 16.9 Å². The molecule has 0 aliphatic carbocycles. The molecule has 0 saturated carbocycles. The normalized spacial score (nSPS) is 15.1. The van der Waals surface area contributed by atoms with E-state index in [-0.39, 0.29) is 11.8 Å². The van der Waals surface area contributed by atoms with Crippen LogP contribution in [0.2, 0.25) is 0 Å². The van der Waals surface area contributed by atoms with Crippen LogP contribution in [0.5, 0.6) is 17.2 Å². The Kier molecular flexibility index (Phi) is 7.01. The van der Waals surface area contributed by atoms with E-state index in [2.05, 4.69) is 5.32 Å². The molecule has 34 heavy (non-hydrogen) atoms. The van der Waals surface area contributed by atoms with Crippen molar-refractivity contribution in [3.63, 3.8) is 0 Å². The van der Waals surface area contributed by atoms with E-state index in [4.69, 9.17) is 14.2 Å². The van der Waals surface area contributed by atoms with Crippen molar-refractivity contribution >= 4 is 17.5 Å². The van der Waals surface area contributed by atoms with Crippen LogP contribution >= 0.6 is 0 Å². The van der Waals surface area contributed by atoms with Gasteiger partial charge >= 0.3 is 0 Å². The summed E-state index contributed by atoms with van der Waals surface area (Å²) in [4.78, 5) is 27.6. The maximum atomic E-state index is 13.0. The molecular weight excluding hydrogens is 432 g/mol. The number of anilines is 1. The van der Waals surface area contributed by atoms with Crippen molar-refractivity contribution in [2.75, 3.05) is 26.1 Å². The number of amides is 2. The minimum absolute atomic E-state index is 0.0654. The molecule has 0 bridgehead atoms. The lowest BCUT2D eigenvalue weighted by atomic mass is 10.1. The zero-order valence-corrected chi connectivity index (χ0v) is 19.5. The Hall–Kier alpha value is -4.00. The first-order valence-electron chi connectivity index (χ1n) is 11.1. The van der Waals surface area contributed by atoms with Crippen LogP contribution in [0.1, 0.15) is 28.4 Å². The Balaban J connectivity index is 1.50. The van der Waals surface area contributed by atoms with Crippen LogP contribution in [0.3, 0.4) is 0 Å².